The van der Waals surface area contributed by atoms with Crippen molar-refractivity contribution in [3.63, 3.8) is 0 Å². The van der Waals surface area contributed by atoms with Crippen molar-refractivity contribution < 1.29 is 9.84 Å². The van der Waals surface area contributed by atoms with E-state index < -0.39 is 6.10 Å². The molecule has 2 heterocycles. The molecule has 3 rings (SSSR count). The first-order chi connectivity index (χ1) is 8.72. The summed E-state index contributed by atoms with van der Waals surface area (Å²) in [7, 11) is 1.88. The van der Waals surface area contributed by atoms with Gasteiger partial charge in [0.2, 0.25) is 0 Å². The quantitative estimate of drug-likeness (QED) is 0.892. The van der Waals surface area contributed by atoms with Crippen LogP contribution in [0.3, 0.4) is 0 Å². The fourth-order valence-electron chi connectivity index (χ4n) is 2.33. The maximum Gasteiger partial charge on any atom is 0.122 e. The summed E-state index contributed by atoms with van der Waals surface area (Å²) in [4.78, 5) is 0. The minimum atomic E-state index is -0.486. The molecule has 1 N–H and O–H groups in total. The lowest BCUT2D eigenvalue weighted by Crippen LogP contribution is -2.01. The van der Waals surface area contributed by atoms with E-state index >= 15 is 0 Å². The predicted molar refractivity (Wildman–Crippen MR) is 67.5 cm³/mol. The average molecular weight is 244 g/mol. The smallest absolute Gasteiger partial charge is 0.122 e. The number of aromatic nitrogens is 2. The van der Waals surface area contributed by atoms with E-state index in [2.05, 4.69) is 5.10 Å². The number of aliphatic hydroxyl groups is 1. The second kappa shape index (κ2) is 4.46. The third-order valence-electron chi connectivity index (χ3n) is 3.29. The number of ether oxygens (including phenoxy) is 1. The van der Waals surface area contributed by atoms with Gasteiger partial charge >= 0.3 is 0 Å². The van der Waals surface area contributed by atoms with Gasteiger partial charge in [0.1, 0.15) is 5.75 Å². The van der Waals surface area contributed by atoms with E-state index in [-0.39, 0.29) is 0 Å². The molecule has 1 aromatic carbocycles. The molecule has 0 amide bonds. The van der Waals surface area contributed by atoms with Gasteiger partial charge < -0.3 is 9.84 Å². The molecule has 18 heavy (non-hydrogen) atoms. The Balaban J connectivity index is 1.78. The second-order valence-electron chi connectivity index (χ2n) is 4.71. The summed E-state index contributed by atoms with van der Waals surface area (Å²) in [6.45, 7) is 0.748. The average Bonchev–Trinajstić information content (AvgIpc) is 2.96. The highest BCUT2D eigenvalue weighted by atomic mass is 16.5. The van der Waals surface area contributed by atoms with E-state index in [1.54, 1.807) is 10.9 Å². The normalized spacial score (nSPS) is 15.2. The van der Waals surface area contributed by atoms with Crippen molar-refractivity contribution in [1.29, 1.82) is 0 Å². The molecule has 1 atom stereocenters. The molecule has 1 aliphatic rings. The Bertz CT molecular complexity index is 563. The lowest BCUT2D eigenvalue weighted by molar-refractivity contribution is 0.178. The first-order valence-corrected chi connectivity index (χ1v) is 6.13. The number of aliphatic hydroxyl groups excluding tert-OH is 1. The summed E-state index contributed by atoms with van der Waals surface area (Å²) in [5.74, 6) is 0.951. The van der Waals surface area contributed by atoms with Crippen LogP contribution >= 0.6 is 0 Å². The molecule has 94 valence electrons. The fraction of sp³-hybridized carbons (Fsp3) is 0.357. The fourth-order valence-corrected chi connectivity index (χ4v) is 2.33. The Labute approximate surface area is 106 Å². The molecular formula is C14H16N2O2. The highest BCUT2D eigenvalue weighted by molar-refractivity contribution is 5.40. The van der Waals surface area contributed by atoms with Gasteiger partial charge in [0.25, 0.3) is 0 Å². The van der Waals surface area contributed by atoms with Crippen LogP contribution in [0, 0.1) is 0 Å². The minimum absolute atomic E-state index is 0.486. The van der Waals surface area contributed by atoms with Crippen LogP contribution in [0.25, 0.3) is 0 Å². The number of nitrogens with zero attached hydrogens (tertiary/aromatic N) is 2. The van der Waals surface area contributed by atoms with Crippen LogP contribution < -0.4 is 4.74 Å². The summed E-state index contributed by atoms with van der Waals surface area (Å²) >= 11 is 0. The van der Waals surface area contributed by atoms with Gasteiger partial charge in [-0.1, -0.05) is 6.07 Å². The Morgan fingerprint density at radius 1 is 1.50 bits per heavy atom. The molecule has 4 heteroatoms. The Hall–Kier alpha value is -1.81. The van der Waals surface area contributed by atoms with Crippen LogP contribution in [0.15, 0.2) is 30.6 Å². The molecule has 0 aliphatic carbocycles. The summed E-state index contributed by atoms with van der Waals surface area (Å²) in [5.41, 5.74) is 3.18. The summed E-state index contributed by atoms with van der Waals surface area (Å²) in [6.07, 6.45) is 4.76. The van der Waals surface area contributed by atoms with Crippen molar-refractivity contribution in [2.24, 2.45) is 7.05 Å². The number of rotatable bonds is 3. The van der Waals surface area contributed by atoms with Gasteiger partial charge in [0.05, 0.1) is 18.9 Å². The van der Waals surface area contributed by atoms with Crippen molar-refractivity contribution in [3.8, 4) is 5.75 Å². The van der Waals surface area contributed by atoms with Crippen molar-refractivity contribution >= 4 is 0 Å². The molecule has 0 saturated carbocycles. The van der Waals surface area contributed by atoms with E-state index in [4.69, 9.17) is 4.74 Å². The lowest BCUT2D eigenvalue weighted by atomic mass is 10.0. The summed E-state index contributed by atoms with van der Waals surface area (Å²) in [6, 6.07) is 5.93. The molecule has 0 fully saturated rings. The van der Waals surface area contributed by atoms with Gasteiger partial charge in [-0.2, -0.15) is 5.10 Å². The standard InChI is InChI=1S/C14H16N2O2/c1-16-9-10(8-15-16)6-13(17)11-2-3-14-12(7-11)4-5-18-14/h2-3,7-9,13,17H,4-6H2,1H3. The van der Waals surface area contributed by atoms with E-state index in [9.17, 15) is 5.11 Å². The number of hydrogen-bond acceptors (Lipinski definition) is 3. The van der Waals surface area contributed by atoms with Gasteiger partial charge in [-0.25, -0.2) is 0 Å². The topological polar surface area (TPSA) is 47.3 Å². The molecule has 1 aliphatic heterocycles. The first-order valence-electron chi connectivity index (χ1n) is 6.13. The van der Waals surface area contributed by atoms with Crippen LogP contribution in [0.1, 0.15) is 22.8 Å². The molecule has 1 unspecified atom stereocenters. The van der Waals surface area contributed by atoms with Gasteiger partial charge in [0.15, 0.2) is 0 Å². The summed E-state index contributed by atoms with van der Waals surface area (Å²) in [5, 5.41) is 14.3. The zero-order chi connectivity index (χ0) is 12.5. The molecular weight excluding hydrogens is 228 g/mol. The maximum atomic E-state index is 10.2. The number of fused-ring (bicyclic) bond motifs is 1. The van der Waals surface area contributed by atoms with Crippen molar-refractivity contribution in [2.75, 3.05) is 6.61 Å². The van der Waals surface area contributed by atoms with Gasteiger partial charge in [-0.05, 0) is 28.8 Å². The van der Waals surface area contributed by atoms with Crippen molar-refractivity contribution in [1.82, 2.24) is 9.78 Å². The molecule has 4 nitrogen and oxygen atoms in total. The monoisotopic (exact) mass is 244 g/mol. The van der Waals surface area contributed by atoms with Gasteiger partial charge in [-0.15, -0.1) is 0 Å². The Morgan fingerprint density at radius 3 is 3.17 bits per heavy atom. The molecule has 0 radical (unpaired) electrons. The van der Waals surface area contributed by atoms with Crippen LogP contribution in [-0.4, -0.2) is 21.5 Å². The zero-order valence-electron chi connectivity index (χ0n) is 10.3. The predicted octanol–water partition coefficient (Wildman–Crippen LogP) is 1.63. The summed E-state index contributed by atoms with van der Waals surface area (Å²) < 4.78 is 7.21. The van der Waals surface area contributed by atoms with Crippen molar-refractivity contribution in [3.05, 3.63) is 47.3 Å². The van der Waals surface area contributed by atoms with Crippen LogP contribution in [0.2, 0.25) is 0 Å². The van der Waals surface area contributed by atoms with E-state index in [1.165, 1.54) is 5.56 Å². The third kappa shape index (κ3) is 2.11. The maximum absolute atomic E-state index is 10.2. The highest BCUT2D eigenvalue weighted by Crippen LogP contribution is 2.29. The van der Waals surface area contributed by atoms with E-state index in [1.807, 2.05) is 31.4 Å². The SMILES string of the molecule is Cn1cc(CC(O)c2ccc3c(c2)CCO3)cn1. The zero-order valence-corrected chi connectivity index (χ0v) is 10.3. The number of hydrogen-bond donors (Lipinski definition) is 1. The van der Waals surface area contributed by atoms with Gasteiger partial charge in [-0.3, -0.25) is 4.68 Å². The second-order valence-corrected chi connectivity index (χ2v) is 4.71. The molecule has 0 spiro atoms. The van der Waals surface area contributed by atoms with E-state index in [0.717, 1.165) is 29.9 Å². The molecule has 0 bridgehead atoms. The Morgan fingerprint density at radius 2 is 2.39 bits per heavy atom. The molecule has 2 aromatic rings. The third-order valence-corrected chi connectivity index (χ3v) is 3.29. The van der Waals surface area contributed by atoms with Crippen LogP contribution in [0.4, 0.5) is 0 Å². The van der Waals surface area contributed by atoms with Gasteiger partial charge in [0, 0.05) is 26.1 Å². The Kier molecular flexibility index (Phi) is 2.80. The lowest BCUT2D eigenvalue weighted by Gasteiger charge is -2.11. The molecule has 1 aromatic heterocycles. The van der Waals surface area contributed by atoms with Crippen molar-refractivity contribution in [2.45, 2.75) is 18.9 Å². The highest BCUT2D eigenvalue weighted by Gasteiger charge is 2.16. The van der Waals surface area contributed by atoms with Crippen LogP contribution in [-0.2, 0) is 19.9 Å². The number of benzene rings is 1. The minimum Gasteiger partial charge on any atom is -0.493 e. The first kappa shape index (κ1) is 11.3. The molecule has 0 saturated heterocycles. The van der Waals surface area contributed by atoms with E-state index in [0.29, 0.717) is 6.42 Å². The van der Waals surface area contributed by atoms with Crippen LogP contribution in [0.5, 0.6) is 5.75 Å². The number of aryl methyl sites for hydroxylation is 1. The largest absolute Gasteiger partial charge is 0.493 e.